The zero-order chi connectivity index (χ0) is 14.5. The zero-order valence-electron chi connectivity index (χ0n) is 12.8. The van der Waals surface area contributed by atoms with Crippen molar-refractivity contribution in [2.75, 3.05) is 19.0 Å². The molecule has 0 aliphatic heterocycles. The van der Waals surface area contributed by atoms with Gasteiger partial charge in [-0.25, -0.2) is 0 Å². The highest BCUT2D eigenvalue weighted by atomic mass is 15.3. The number of anilines is 1. The molecule has 4 heteroatoms. The molecule has 0 saturated carbocycles. The lowest BCUT2D eigenvalue weighted by Crippen LogP contribution is -2.19. The van der Waals surface area contributed by atoms with Gasteiger partial charge in [0.25, 0.3) is 0 Å². The molecular formula is C16H24N4. The molecule has 1 heterocycles. The predicted molar refractivity (Wildman–Crippen MR) is 83.9 cm³/mol. The van der Waals surface area contributed by atoms with Crippen LogP contribution in [0.5, 0.6) is 0 Å². The second kappa shape index (κ2) is 6.57. The van der Waals surface area contributed by atoms with Crippen molar-refractivity contribution in [2.24, 2.45) is 0 Å². The summed E-state index contributed by atoms with van der Waals surface area (Å²) in [4.78, 5) is 2.11. The van der Waals surface area contributed by atoms with Crippen molar-refractivity contribution in [3.63, 3.8) is 0 Å². The molecule has 108 valence electrons. The van der Waals surface area contributed by atoms with E-state index in [1.54, 1.807) is 0 Å². The number of nitrogens with zero attached hydrogens (tertiary/aromatic N) is 3. The lowest BCUT2D eigenvalue weighted by Gasteiger charge is -2.14. The maximum atomic E-state index is 4.53. The highest BCUT2D eigenvalue weighted by Gasteiger charge is 2.08. The third-order valence-electron chi connectivity index (χ3n) is 3.49. The number of rotatable bonds is 6. The van der Waals surface area contributed by atoms with Gasteiger partial charge in [-0.1, -0.05) is 12.1 Å². The lowest BCUT2D eigenvalue weighted by atomic mass is 10.1. The average Bonchev–Trinajstić information content (AvgIpc) is 2.94. The van der Waals surface area contributed by atoms with Crippen molar-refractivity contribution in [3.05, 3.63) is 47.8 Å². The van der Waals surface area contributed by atoms with Crippen molar-refractivity contribution in [2.45, 2.75) is 33.0 Å². The standard InChI is InChI=1S/C16H24N4/c1-5-20-11-10-16(18-20)13(2)17-12-14-6-8-15(9-7-14)19(3)4/h6-11,13,17H,5,12H2,1-4H3. The van der Waals surface area contributed by atoms with Gasteiger partial charge in [0, 0.05) is 45.1 Å². The Labute approximate surface area is 121 Å². The average molecular weight is 272 g/mol. The molecule has 1 N–H and O–H groups in total. The monoisotopic (exact) mass is 272 g/mol. The summed E-state index contributed by atoms with van der Waals surface area (Å²) in [6.45, 7) is 6.02. The Morgan fingerprint density at radius 3 is 2.45 bits per heavy atom. The van der Waals surface area contributed by atoms with Crippen LogP contribution in [0.15, 0.2) is 36.5 Å². The molecule has 0 amide bonds. The van der Waals surface area contributed by atoms with Crippen LogP contribution in [0.2, 0.25) is 0 Å². The summed E-state index contributed by atoms with van der Waals surface area (Å²) in [5, 5.41) is 8.04. The van der Waals surface area contributed by atoms with Gasteiger partial charge >= 0.3 is 0 Å². The van der Waals surface area contributed by atoms with Crippen molar-refractivity contribution in [3.8, 4) is 0 Å². The first-order chi connectivity index (χ1) is 9.60. The first-order valence-electron chi connectivity index (χ1n) is 7.13. The molecule has 0 saturated heterocycles. The lowest BCUT2D eigenvalue weighted by molar-refractivity contribution is 0.542. The van der Waals surface area contributed by atoms with Crippen LogP contribution < -0.4 is 10.2 Å². The minimum atomic E-state index is 0.260. The van der Waals surface area contributed by atoms with E-state index in [4.69, 9.17) is 0 Å². The minimum Gasteiger partial charge on any atom is -0.378 e. The number of benzene rings is 1. The fraction of sp³-hybridized carbons (Fsp3) is 0.438. The van der Waals surface area contributed by atoms with Gasteiger partial charge in [0.05, 0.1) is 5.69 Å². The molecule has 0 aliphatic carbocycles. The van der Waals surface area contributed by atoms with Gasteiger partial charge in [0.2, 0.25) is 0 Å². The Bertz CT molecular complexity index is 528. The molecule has 0 radical (unpaired) electrons. The van der Waals surface area contributed by atoms with Crippen LogP contribution in [0.25, 0.3) is 0 Å². The molecule has 1 aromatic carbocycles. The summed E-state index contributed by atoms with van der Waals surface area (Å²) < 4.78 is 1.96. The predicted octanol–water partition coefficient (Wildman–Crippen LogP) is 2.82. The van der Waals surface area contributed by atoms with Crippen LogP contribution >= 0.6 is 0 Å². The number of hydrogen-bond donors (Lipinski definition) is 1. The van der Waals surface area contributed by atoms with E-state index in [1.807, 2.05) is 10.9 Å². The fourth-order valence-corrected chi connectivity index (χ4v) is 2.07. The van der Waals surface area contributed by atoms with Crippen molar-refractivity contribution in [1.29, 1.82) is 0 Å². The summed E-state index contributed by atoms with van der Waals surface area (Å²) >= 11 is 0. The van der Waals surface area contributed by atoms with Gasteiger partial charge < -0.3 is 10.2 Å². The van der Waals surface area contributed by atoms with E-state index >= 15 is 0 Å². The van der Waals surface area contributed by atoms with Gasteiger partial charge in [-0.15, -0.1) is 0 Å². The van der Waals surface area contributed by atoms with Crippen LogP contribution in [0, 0.1) is 0 Å². The molecule has 2 aromatic rings. The van der Waals surface area contributed by atoms with Gasteiger partial charge in [-0.3, -0.25) is 4.68 Å². The molecular weight excluding hydrogens is 248 g/mol. The first kappa shape index (κ1) is 14.6. The third kappa shape index (κ3) is 3.61. The van der Waals surface area contributed by atoms with Crippen LogP contribution in [0.1, 0.15) is 31.1 Å². The summed E-state index contributed by atoms with van der Waals surface area (Å²) in [6.07, 6.45) is 2.03. The number of nitrogens with one attached hydrogen (secondary N) is 1. The zero-order valence-corrected chi connectivity index (χ0v) is 12.8. The fourth-order valence-electron chi connectivity index (χ4n) is 2.07. The SMILES string of the molecule is CCn1ccc(C(C)NCc2ccc(N(C)C)cc2)n1. The Hall–Kier alpha value is -1.81. The Morgan fingerprint density at radius 2 is 1.90 bits per heavy atom. The molecule has 0 fully saturated rings. The number of hydrogen-bond acceptors (Lipinski definition) is 3. The molecule has 4 nitrogen and oxygen atoms in total. The highest BCUT2D eigenvalue weighted by molar-refractivity contribution is 5.45. The minimum absolute atomic E-state index is 0.260. The van der Waals surface area contributed by atoms with Crippen LogP contribution in [0.3, 0.4) is 0 Å². The van der Waals surface area contributed by atoms with E-state index in [0.717, 1.165) is 18.8 Å². The van der Waals surface area contributed by atoms with E-state index in [9.17, 15) is 0 Å². The molecule has 0 aliphatic rings. The first-order valence-corrected chi connectivity index (χ1v) is 7.13. The second-order valence-corrected chi connectivity index (χ2v) is 5.26. The molecule has 0 bridgehead atoms. The van der Waals surface area contributed by atoms with E-state index in [1.165, 1.54) is 11.3 Å². The van der Waals surface area contributed by atoms with E-state index in [-0.39, 0.29) is 6.04 Å². The molecule has 2 rings (SSSR count). The van der Waals surface area contributed by atoms with E-state index < -0.39 is 0 Å². The van der Waals surface area contributed by atoms with Crippen molar-refractivity contribution >= 4 is 5.69 Å². The Balaban J connectivity index is 1.91. The van der Waals surface area contributed by atoms with Crippen LogP contribution in [-0.2, 0) is 13.1 Å². The van der Waals surface area contributed by atoms with Gasteiger partial charge in [-0.2, -0.15) is 5.10 Å². The van der Waals surface area contributed by atoms with E-state index in [0.29, 0.717) is 0 Å². The summed E-state index contributed by atoms with van der Waals surface area (Å²) in [5.41, 5.74) is 3.61. The van der Waals surface area contributed by atoms with E-state index in [2.05, 4.69) is 73.6 Å². The quantitative estimate of drug-likeness (QED) is 0.878. The molecule has 1 atom stereocenters. The number of aromatic nitrogens is 2. The summed E-state index contributed by atoms with van der Waals surface area (Å²) in [6, 6.07) is 11.0. The topological polar surface area (TPSA) is 33.1 Å². The Morgan fingerprint density at radius 1 is 1.20 bits per heavy atom. The molecule has 20 heavy (non-hydrogen) atoms. The maximum absolute atomic E-state index is 4.53. The highest BCUT2D eigenvalue weighted by Crippen LogP contribution is 2.14. The Kier molecular flexibility index (Phi) is 4.79. The van der Waals surface area contributed by atoms with Gasteiger partial charge in [0.1, 0.15) is 0 Å². The van der Waals surface area contributed by atoms with Crippen LogP contribution in [0.4, 0.5) is 5.69 Å². The van der Waals surface area contributed by atoms with Gasteiger partial charge in [0.15, 0.2) is 0 Å². The molecule has 0 spiro atoms. The molecule has 1 aromatic heterocycles. The normalized spacial score (nSPS) is 12.4. The molecule has 1 unspecified atom stereocenters. The van der Waals surface area contributed by atoms with Gasteiger partial charge in [-0.05, 0) is 37.6 Å². The third-order valence-corrected chi connectivity index (χ3v) is 3.49. The van der Waals surface area contributed by atoms with Crippen molar-refractivity contribution in [1.82, 2.24) is 15.1 Å². The maximum Gasteiger partial charge on any atom is 0.0791 e. The number of aryl methyl sites for hydroxylation is 1. The summed E-state index contributed by atoms with van der Waals surface area (Å²) in [5.74, 6) is 0. The second-order valence-electron chi connectivity index (χ2n) is 5.26. The summed E-state index contributed by atoms with van der Waals surface area (Å²) in [7, 11) is 4.11. The largest absolute Gasteiger partial charge is 0.378 e. The smallest absolute Gasteiger partial charge is 0.0791 e. The van der Waals surface area contributed by atoms with Crippen molar-refractivity contribution < 1.29 is 0 Å². The van der Waals surface area contributed by atoms with Crippen LogP contribution in [-0.4, -0.2) is 23.9 Å².